The number of rotatable bonds is 0. The van der Waals surface area contributed by atoms with Crippen LogP contribution in [0, 0.1) is 6.92 Å². The van der Waals surface area contributed by atoms with Crippen molar-refractivity contribution in [2.24, 2.45) is 0 Å². The molecule has 0 N–H and O–H groups in total. The van der Waals surface area contributed by atoms with Gasteiger partial charge in [0.05, 0.1) is 0 Å². The summed E-state index contributed by atoms with van der Waals surface area (Å²) in [5.41, 5.74) is 2.86. The zero-order valence-electron chi connectivity index (χ0n) is 12.1. The van der Waals surface area contributed by atoms with E-state index in [0.29, 0.717) is 0 Å². The molecule has 2 aliphatic heterocycles. The molecular formula is C17H29NO. The Kier molecular flexibility index (Phi) is 5.42. The van der Waals surface area contributed by atoms with Crippen molar-refractivity contribution in [2.45, 2.75) is 53.1 Å². The molecule has 1 saturated heterocycles. The maximum Gasteiger partial charge on any atom is 0.123 e. The van der Waals surface area contributed by atoms with Gasteiger partial charge in [0.25, 0.3) is 0 Å². The summed E-state index contributed by atoms with van der Waals surface area (Å²) < 4.78 is 6.21. The second-order valence-corrected chi connectivity index (χ2v) is 5.38. The number of benzene rings is 1. The Morgan fingerprint density at radius 2 is 1.79 bits per heavy atom. The second kappa shape index (κ2) is 6.42. The van der Waals surface area contributed by atoms with Crippen LogP contribution in [0.1, 0.15) is 45.2 Å². The van der Waals surface area contributed by atoms with Crippen molar-refractivity contribution in [3.63, 3.8) is 0 Å². The lowest BCUT2D eigenvalue weighted by atomic mass is 9.87. The fourth-order valence-electron chi connectivity index (χ4n) is 2.87. The summed E-state index contributed by atoms with van der Waals surface area (Å²) >= 11 is 0. The Bertz CT molecular complexity index is 406. The van der Waals surface area contributed by atoms with Crippen LogP contribution in [0.2, 0.25) is 0 Å². The fraction of sp³-hybridized carbons (Fsp3) is 0.647. The smallest absolute Gasteiger partial charge is 0.123 e. The average Bonchev–Trinajstić information content (AvgIpc) is 2.73. The molecule has 1 fully saturated rings. The Balaban J connectivity index is 0.000000576. The third-order valence-electron chi connectivity index (χ3n) is 3.95. The van der Waals surface area contributed by atoms with Crippen molar-refractivity contribution in [1.82, 2.24) is 4.90 Å². The fourth-order valence-corrected chi connectivity index (χ4v) is 2.87. The Morgan fingerprint density at radius 3 is 2.42 bits per heavy atom. The molecule has 19 heavy (non-hydrogen) atoms. The van der Waals surface area contributed by atoms with Gasteiger partial charge in [-0.1, -0.05) is 39.0 Å². The monoisotopic (exact) mass is 263 g/mol. The molecule has 0 aromatic heterocycles. The minimum Gasteiger partial charge on any atom is -0.487 e. The molecule has 1 spiro atoms. The highest BCUT2D eigenvalue weighted by Crippen LogP contribution is 2.40. The van der Waals surface area contributed by atoms with Gasteiger partial charge in [0, 0.05) is 32.4 Å². The van der Waals surface area contributed by atoms with Gasteiger partial charge in [-0.05, 0) is 25.6 Å². The van der Waals surface area contributed by atoms with Gasteiger partial charge >= 0.3 is 0 Å². The largest absolute Gasteiger partial charge is 0.487 e. The van der Waals surface area contributed by atoms with E-state index in [4.69, 9.17) is 4.74 Å². The van der Waals surface area contributed by atoms with Crippen molar-refractivity contribution in [3.05, 3.63) is 29.3 Å². The van der Waals surface area contributed by atoms with Crippen LogP contribution < -0.4 is 4.74 Å². The lowest BCUT2D eigenvalue weighted by Gasteiger charge is -2.37. The molecule has 3 rings (SSSR count). The Hall–Kier alpha value is -1.02. The lowest BCUT2D eigenvalue weighted by Crippen LogP contribution is -2.45. The molecule has 0 aliphatic carbocycles. The van der Waals surface area contributed by atoms with Crippen LogP contribution in [0.4, 0.5) is 0 Å². The van der Waals surface area contributed by atoms with Crippen LogP contribution in [-0.4, -0.2) is 30.6 Å². The van der Waals surface area contributed by atoms with E-state index < -0.39 is 0 Å². The molecule has 2 nitrogen and oxygen atoms in total. The second-order valence-electron chi connectivity index (χ2n) is 5.38. The van der Waals surface area contributed by atoms with Gasteiger partial charge in [-0.15, -0.1) is 0 Å². The van der Waals surface area contributed by atoms with Crippen LogP contribution in [0.3, 0.4) is 0 Å². The number of hydrogen-bond donors (Lipinski definition) is 0. The molecule has 2 aliphatic rings. The van der Waals surface area contributed by atoms with Crippen LogP contribution in [0.25, 0.3) is 0 Å². The highest BCUT2D eigenvalue weighted by atomic mass is 16.5. The standard InChI is InChI=1S/C14H19NO.C2H6.CH4/c1-11-3-4-13-12(9-11)10-14(16-13)5-7-15(2)8-6-14;1-2;/h3-4,9H,5-8,10H2,1-2H3;1-2H3;1H4. The third kappa shape index (κ3) is 3.30. The Morgan fingerprint density at radius 1 is 1.16 bits per heavy atom. The van der Waals surface area contributed by atoms with E-state index in [1.54, 1.807) is 0 Å². The molecule has 1 aromatic carbocycles. The first-order chi connectivity index (χ1) is 8.67. The summed E-state index contributed by atoms with van der Waals surface area (Å²) in [7, 11) is 2.19. The van der Waals surface area contributed by atoms with Gasteiger partial charge in [-0.25, -0.2) is 0 Å². The minimum atomic E-state index is 0. The van der Waals surface area contributed by atoms with Gasteiger partial charge in [-0.3, -0.25) is 0 Å². The van der Waals surface area contributed by atoms with E-state index in [-0.39, 0.29) is 13.0 Å². The first-order valence-electron chi connectivity index (χ1n) is 7.14. The van der Waals surface area contributed by atoms with Crippen molar-refractivity contribution in [3.8, 4) is 5.75 Å². The summed E-state index contributed by atoms with van der Waals surface area (Å²) in [6.45, 7) is 8.47. The molecule has 0 radical (unpaired) electrons. The maximum absolute atomic E-state index is 6.21. The minimum absolute atomic E-state index is 0. The van der Waals surface area contributed by atoms with Gasteiger partial charge in [0.1, 0.15) is 11.4 Å². The molecule has 0 atom stereocenters. The lowest BCUT2D eigenvalue weighted by molar-refractivity contribution is 0.0271. The van der Waals surface area contributed by atoms with Crippen molar-refractivity contribution in [2.75, 3.05) is 20.1 Å². The molecule has 0 amide bonds. The number of hydrogen-bond acceptors (Lipinski definition) is 2. The average molecular weight is 263 g/mol. The van der Waals surface area contributed by atoms with Crippen molar-refractivity contribution < 1.29 is 4.74 Å². The molecule has 1 aromatic rings. The molecule has 108 valence electrons. The van der Waals surface area contributed by atoms with Gasteiger partial charge in [0.15, 0.2) is 0 Å². The van der Waals surface area contributed by atoms with Gasteiger partial charge < -0.3 is 9.64 Å². The van der Waals surface area contributed by atoms with E-state index in [2.05, 4.69) is 37.1 Å². The predicted molar refractivity (Wildman–Crippen MR) is 83.1 cm³/mol. The van der Waals surface area contributed by atoms with E-state index >= 15 is 0 Å². The van der Waals surface area contributed by atoms with Crippen LogP contribution >= 0.6 is 0 Å². The molecular weight excluding hydrogens is 234 g/mol. The van der Waals surface area contributed by atoms with Crippen LogP contribution in [-0.2, 0) is 6.42 Å². The van der Waals surface area contributed by atoms with Gasteiger partial charge in [-0.2, -0.15) is 0 Å². The van der Waals surface area contributed by atoms with Gasteiger partial charge in [0.2, 0.25) is 0 Å². The summed E-state index contributed by atoms with van der Waals surface area (Å²) in [6, 6.07) is 6.56. The van der Waals surface area contributed by atoms with Crippen LogP contribution in [0.15, 0.2) is 18.2 Å². The normalized spacial score (nSPS) is 19.8. The highest BCUT2D eigenvalue weighted by Gasteiger charge is 2.41. The first kappa shape index (κ1) is 16.0. The summed E-state index contributed by atoms with van der Waals surface area (Å²) in [4.78, 5) is 2.39. The maximum atomic E-state index is 6.21. The number of nitrogens with zero attached hydrogens (tertiary/aromatic N) is 1. The third-order valence-corrected chi connectivity index (χ3v) is 3.95. The SMILES string of the molecule is C.CC.Cc1ccc2c(c1)CC1(CCN(C)CC1)O2. The Labute approximate surface area is 118 Å². The predicted octanol–water partition coefficient (Wildman–Crippen LogP) is 4.06. The van der Waals surface area contributed by atoms with E-state index in [1.807, 2.05) is 13.8 Å². The first-order valence-corrected chi connectivity index (χ1v) is 7.14. The molecule has 0 bridgehead atoms. The zero-order chi connectivity index (χ0) is 13.2. The highest BCUT2D eigenvalue weighted by molar-refractivity contribution is 5.42. The number of piperidine rings is 1. The summed E-state index contributed by atoms with van der Waals surface area (Å²) in [5.74, 6) is 1.12. The van der Waals surface area contributed by atoms with E-state index in [9.17, 15) is 0 Å². The summed E-state index contributed by atoms with van der Waals surface area (Å²) in [5, 5.41) is 0. The quantitative estimate of drug-likeness (QED) is 0.700. The molecule has 0 unspecified atom stereocenters. The van der Waals surface area contributed by atoms with Crippen molar-refractivity contribution >= 4 is 0 Å². The number of likely N-dealkylation sites (tertiary alicyclic amines) is 1. The van der Waals surface area contributed by atoms with E-state index in [1.165, 1.54) is 11.1 Å². The zero-order valence-corrected chi connectivity index (χ0v) is 12.1. The van der Waals surface area contributed by atoms with Crippen molar-refractivity contribution in [1.29, 1.82) is 0 Å². The van der Waals surface area contributed by atoms with Crippen LogP contribution in [0.5, 0.6) is 5.75 Å². The van der Waals surface area contributed by atoms with E-state index in [0.717, 1.165) is 38.1 Å². The molecule has 2 heteroatoms. The molecule has 2 heterocycles. The number of ether oxygens (including phenoxy) is 1. The topological polar surface area (TPSA) is 12.5 Å². The number of fused-ring (bicyclic) bond motifs is 1. The summed E-state index contributed by atoms with van der Waals surface area (Å²) in [6.07, 6.45) is 3.44. The number of aryl methyl sites for hydroxylation is 1. The molecule has 0 saturated carbocycles.